The molecule has 0 saturated heterocycles. The van der Waals surface area contributed by atoms with E-state index in [1.165, 1.54) is 35.0 Å². The Balaban J connectivity index is 2.37. The second-order valence-corrected chi connectivity index (χ2v) is 6.74. The van der Waals surface area contributed by atoms with Gasteiger partial charge in [-0.1, -0.05) is 12.8 Å². The van der Waals surface area contributed by atoms with Crippen LogP contribution in [0.2, 0.25) is 0 Å². The first-order chi connectivity index (χ1) is 8.12. The van der Waals surface area contributed by atoms with Crippen LogP contribution in [0.3, 0.4) is 0 Å². The maximum atomic E-state index is 5.84. The van der Waals surface area contributed by atoms with Crippen molar-refractivity contribution in [2.24, 2.45) is 5.84 Å². The van der Waals surface area contributed by atoms with Crippen LogP contribution in [-0.2, 0) is 0 Å². The number of hydrogen-bond acceptors (Lipinski definition) is 4. The third-order valence-electron chi connectivity index (χ3n) is 3.97. The van der Waals surface area contributed by atoms with E-state index in [-0.39, 0.29) is 11.6 Å². The first-order valence-electron chi connectivity index (χ1n) is 5.98. The van der Waals surface area contributed by atoms with Gasteiger partial charge in [0.05, 0.1) is 6.04 Å². The molecule has 3 N–H and O–H groups in total. The van der Waals surface area contributed by atoms with Crippen LogP contribution >= 0.6 is 27.3 Å². The third kappa shape index (κ3) is 2.31. The van der Waals surface area contributed by atoms with Crippen LogP contribution in [0, 0.1) is 0 Å². The van der Waals surface area contributed by atoms with Crippen molar-refractivity contribution in [3.63, 3.8) is 0 Å². The highest BCUT2D eigenvalue weighted by Crippen LogP contribution is 2.46. The van der Waals surface area contributed by atoms with Crippen molar-refractivity contribution in [1.82, 2.24) is 10.3 Å². The van der Waals surface area contributed by atoms with Crippen LogP contribution < -0.4 is 11.3 Å². The van der Waals surface area contributed by atoms with Gasteiger partial charge in [-0.05, 0) is 54.3 Å². The van der Waals surface area contributed by atoms with E-state index in [1.54, 1.807) is 11.3 Å². The average molecular weight is 318 g/mol. The number of thiophene rings is 1. The Morgan fingerprint density at radius 2 is 2.12 bits per heavy atom. The van der Waals surface area contributed by atoms with E-state index in [0.29, 0.717) is 0 Å². The Hall–Kier alpha value is 0.0600. The summed E-state index contributed by atoms with van der Waals surface area (Å²) in [4.78, 5) is 3.65. The van der Waals surface area contributed by atoms with Gasteiger partial charge in [0.25, 0.3) is 0 Å². The van der Waals surface area contributed by atoms with Crippen LogP contribution in [0.4, 0.5) is 0 Å². The summed E-state index contributed by atoms with van der Waals surface area (Å²) in [5.74, 6) is 5.84. The molecule has 1 fully saturated rings. The number of hydrazine groups is 1. The molecule has 96 valence electrons. The number of halogens is 1. The van der Waals surface area contributed by atoms with E-state index < -0.39 is 0 Å². The first kappa shape index (κ1) is 13.5. The van der Waals surface area contributed by atoms with Gasteiger partial charge in [-0.3, -0.25) is 11.3 Å². The standard InChI is InChI=1S/C12H20BrN3S/c1-16(2)12(6-3-4-7-12)11(15-14)10-9(13)5-8-17-10/h5,8,11,15H,3-4,6-7,14H2,1-2H3. The second-order valence-electron chi connectivity index (χ2n) is 4.94. The van der Waals surface area contributed by atoms with Gasteiger partial charge < -0.3 is 4.90 Å². The summed E-state index contributed by atoms with van der Waals surface area (Å²) < 4.78 is 1.17. The summed E-state index contributed by atoms with van der Waals surface area (Å²) in [5, 5.41) is 2.11. The van der Waals surface area contributed by atoms with Crippen molar-refractivity contribution in [2.75, 3.05) is 14.1 Å². The molecule has 1 aliphatic carbocycles. The van der Waals surface area contributed by atoms with Crippen LogP contribution in [0.15, 0.2) is 15.9 Å². The summed E-state index contributed by atoms with van der Waals surface area (Å²) in [6.45, 7) is 0. The van der Waals surface area contributed by atoms with Crippen molar-refractivity contribution in [3.05, 3.63) is 20.8 Å². The minimum absolute atomic E-state index is 0.155. The molecule has 1 heterocycles. The van der Waals surface area contributed by atoms with E-state index in [2.05, 4.69) is 51.8 Å². The smallest absolute Gasteiger partial charge is 0.0747 e. The Morgan fingerprint density at radius 3 is 2.53 bits per heavy atom. The highest BCUT2D eigenvalue weighted by atomic mass is 79.9. The van der Waals surface area contributed by atoms with Gasteiger partial charge in [-0.15, -0.1) is 11.3 Å². The quantitative estimate of drug-likeness (QED) is 0.662. The van der Waals surface area contributed by atoms with Gasteiger partial charge in [0.2, 0.25) is 0 Å². The molecule has 0 aliphatic heterocycles. The minimum atomic E-state index is 0.155. The predicted molar refractivity (Wildman–Crippen MR) is 77.0 cm³/mol. The summed E-state index contributed by atoms with van der Waals surface area (Å²) in [6.07, 6.45) is 5.00. The Labute approximate surface area is 115 Å². The number of likely N-dealkylation sites (N-methyl/N-ethyl adjacent to an activating group) is 1. The number of nitrogens with zero attached hydrogens (tertiary/aromatic N) is 1. The predicted octanol–water partition coefficient (Wildman–Crippen LogP) is 2.89. The molecular weight excluding hydrogens is 298 g/mol. The maximum absolute atomic E-state index is 5.84. The fourth-order valence-electron chi connectivity index (χ4n) is 2.97. The van der Waals surface area contributed by atoms with Crippen LogP contribution in [-0.4, -0.2) is 24.5 Å². The van der Waals surface area contributed by atoms with Gasteiger partial charge in [-0.2, -0.15) is 0 Å². The normalized spacial score (nSPS) is 21.0. The zero-order valence-corrected chi connectivity index (χ0v) is 12.8. The molecule has 0 radical (unpaired) electrons. The molecule has 1 aliphatic rings. The number of rotatable bonds is 4. The van der Waals surface area contributed by atoms with Crippen molar-refractivity contribution in [1.29, 1.82) is 0 Å². The van der Waals surface area contributed by atoms with E-state index in [1.807, 2.05) is 0 Å². The minimum Gasteiger partial charge on any atom is -0.302 e. The molecule has 1 unspecified atom stereocenters. The lowest BCUT2D eigenvalue weighted by atomic mass is 9.86. The van der Waals surface area contributed by atoms with Crippen LogP contribution in [0.25, 0.3) is 0 Å². The monoisotopic (exact) mass is 317 g/mol. The Bertz CT molecular complexity index is 372. The number of nitrogens with two attached hydrogens (primary N) is 1. The largest absolute Gasteiger partial charge is 0.302 e. The van der Waals surface area contributed by atoms with E-state index in [0.717, 1.165) is 0 Å². The Morgan fingerprint density at radius 1 is 1.47 bits per heavy atom. The van der Waals surface area contributed by atoms with Crippen molar-refractivity contribution >= 4 is 27.3 Å². The topological polar surface area (TPSA) is 41.3 Å². The summed E-state index contributed by atoms with van der Waals surface area (Å²) in [5.41, 5.74) is 3.20. The molecule has 1 aromatic heterocycles. The van der Waals surface area contributed by atoms with Gasteiger partial charge in [0, 0.05) is 14.9 Å². The fraction of sp³-hybridized carbons (Fsp3) is 0.667. The molecule has 0 bridgehead atoms. The molecule has 5 heteroatoms. The van der Waals surface area contributed by atoms with Crippen molar-refractivity contribution in [3.8, 4) is 0 Å². The fourth-order valence-corrected chi connectivity index (χ4v) is 4.74. The lowest BCUT2D eigenvalue weighted by Gasteiger charge is -2.42. The van der Waals surface area contributed by atoms with Gasteiger partial charge in [0.1, 0.15) is 0 Å². The SMILES string of the molecule is CN(C)C1(C(NN)c2sccc2Br)CCCC1. The van der Waals surface area contributed by atoms with Crippen LogP contribution in [0.5, 0.6) is 0 Å². The maximum Gasteiger partial charge on any atom is 0.0747 e. The molecule has 0 aromatic carbocycles. The van der Waals surface area contributed by atoms with Gasteiger partial charge in [0.15, 0.2) is 0 Å². The number of nitrogens with one attached hydrogen (secondary N) is 1. The lowest BCUT2D eigenvalue weighted by molar-refractivity contribution is 0.106. The summed E-state index contributed by atoms with van der Waals surface area (Å²) in [7, 11) is 4.33. The molecule has 2 rings (SSSR count). The molecule has 0 amide bonds. The molecule has 1 aromatic rings. The van der Waals surface area contributed by atoms with E-state index >= 15 is 0 Å². The highest BCUT2D eigenvalue weighted by molar-refractivity contribution is 9.10. The zero-order valence-electron chi connectivity index (χ0n) is 10.4. The third-order valence-corrected chi connectivity index (χ3v) is 5.91. The molecule has 0 spiro atoms. The number of hydrogen-bond donors (Lipinski definition) is 2. The van der Waals surface area contributed by atoms with Gasteiger partial charge >= 0.3 is 0 Å². The molecule has 17 heavy (non-hydrogen) atoms. The molecule has 1 atom stereocenters. The lowest BCUT2D eigenvalue weighted by Crippen LogP contribution is -2.53. The van der Waals surface area contributed by atoms with Crippen molar-refractivity contribution < 1.29 is 0 Å². The molecular formula is C12H20BrN3S. The summed E-state index contributed by atoms with van der Waals surface area (Å²) in [6, 6.07) is 2.30. The van der Waals surface area contributed by atoms with E-state index in [9.17, 15) is 0 Å². The van der Waals surface area contributed by atoms with Crippen molar-refractivity contribution in [2.45, 2.75) is 37.3 Å². The molecule has 3 nitrogen and oxygen atoms in total. The summed E-state index contributed by atoms with van der Waals surface area (Å²) >= 11 is 5.39. The van der Waals surface area contributed by atoms with E-state index in [4.69, 9.17) is 5.84 Å². The second kappa shape index (κ2) is 5.36. The zero-order chi connectivity index (χ0) is 12.5. The molecule has 1 saturated carbocycles. The highest BCUT2D eigenvalue weighted by Gasteiger charge is 2.44. The van der Waals surface area contributed by atoms with Gasteiger partial charge in [-0.25, -0.2) is 0 Å². The van der Waals surface area contributed by atoms with Crippen LogP contribution in [0.1, 0.15) is 36.6 Å². The Kier molecular flexibility index (Phi) is 4.26. The first-order valence-corrected chi connectivity index (χ1v) is 7.65. The average Bonchev–Trinajstić information content (AvgIpc) is 2.91.